The summed E-state index contributed by atoms with van der Waals surface area (Å²) in [7, 11) is 0. The summed E-state index contributed by atoms with van der Waals surface area (Å²) in [5, 5.41) is 11.1. The van der Waals surface area contributed by atoms with Gasteiger partial charge in [-0.1, -0.05) is 29.8 Å². The van der Waals surface area contributed by atoms with E-state index in [-0.39, 0.29) is 11.8 Å². The van der Waals surface area contributed by atoms with E-state index in [1.54, 1.807) is 6.92 Å². The van der Waals surface area contributed by atoms with Crippen molar-refractivity contribution in [2.45, 2.75) is 40.3 Å². The van der Waals surface area contributed by atoms with Gasteiger partial charge < -0.3 is 10.6 Å². The topological polar surface area (TPSA) is 76.0 Å². The van der Waals surface area contributed by atoms with E-state index in [1.165, 1.54) is 16.9 Å². The van der Waals surface area contributed by atoms with Crippen LogP contribution in [0.5, 0.6) is 0 Å². The van der Waals surface area contributed by atoms with Crippen LogP contribution in [0.2, 0.25) is 0 Å². The highest BCUT2D eigenvalue weighted by Crippen LogP contribution is 2.29. The monoisotopic (exact) mass is 384 g/mol. The molecule has 3 rings (SSSR count). The van der Waals surface area contributed by atoms with Crippen LogP contribution in [0.15, 0.2) is 30.3 Å². The molecule has 142 valence electrons. The molecule has 6 nitrogen and oxygen atoms in total. The molecule has 0 aliphatic heterocycles. The Bertz CT molecular complexity index is 972. The molecular weight excluding hydrogens is 360 g/mol. The third kappa shape index (κ3) is 4.19. The van der Waals surface area contributed by atoms with Crippen LogP contribution in [0.4, 0.5) is 0 Å². The second-order valence-electron chi connectivity index (χ2n) is 6.65. The van der Waals surface area contributed by atoms with Gasteiger partial charge in [0.2, 0.25) is 5.91 Å². The van der Waals surface area contributed by atoms with E-state index in [1.807, 2.05) is 24.6 Å². The highest BCUT2D eigenvalue weighted by molar-refractivity contribution is 7.20. The molecule has 0 fully saturated rings. The highest BCUT2D eigenvalue weighted by Gasteiger charge is 2.20. The largest absolute Gasteiger partial charge is 0.355 e. The SMILES string of the molecule is CCNC(=O)[C@H](C)NC(=O)c1cc2c(C)nn(Cc3ccc(C)cc3)c2s1. The quantitative estimate of drug-likeness (QED) is 0.686. The van der Waals surface area contributed by atoms with Crippen LogP contribution >= 0.6 is 11.3 Å². The molecule has 2 amide bonds. The molecule has 0 spiro atoms. The van der Waals surface area contributed by atoms with E-state index < -0.39 is 6.04 Å². The molecule has 1 atom stereocenters. The van der Waals surface area contributed by atoms with Crippen molar-refractivity contribution >= 4 is 33.4 Å². The summed E-state index contributed by atoms with van der Waals surface area (Å²) in [5.41, 5.74) is 3.27. The van der Waals surface area contributed by atoms with Crippen molar-refractivity contribution in [3.8, 4) is 0 Å². The zero-order valence-electron chi connectivity index (χ0n) is 16.0. The van der Waals surface area contributed by atoms with Gasteiger partial charge in [-0.15, -0.1) is 11.3 Å². The zero-order chi connectivity index (χ0) is 19.6. The number of nitrogens with zero attached hydrogens (tertiary/aromatic N) is 2. The van der Waals surface area contributed by atoms with Crippen molar-refractivity contribution in [1.82, 2.24) is 20.4 Å². The average Bonchev–Trinajstić information content (AvgIpc) is 3.19. The Kier molecular flexibility index (Phi) is 5.60. The van der Waals surface area contributed by atoms with Crippen LogP contribution in [-0.2, 0) is 11.3 Å². The van der Waals surface area contributed by atoms with E-state index >= 15 is 0 Å². The Balaban J connectivity index is 1.81. The number of likely N-dealkylation sites (N-methyl/N-ethyl adjacent to an activating group) is 1. The Morgan fingerprint density at radius 1 is 1.22 bits per heavy atom. The average molecular weight is 385 g/mol. The maximum Gasteiger partial charge on any atom is 0.262 e. The number of aromatic nitrogens is 2. The van der Waals surface area contributed by atoms with Gasteiger partial charge in [0, 0.05) is 11.9 Å². The first-order valence-corrected chi connectivity index (χ1v) is 9.81. The van der Waals surface area contributed by atoms with Gasteiger partial charge in [0.1, 0.15) is 10.9 Å². The van der Waals surface area contributed by atoms with Gasteiger partial charge in [-0.3, -0.25) is 14.3 Å². The van der Waals surface area contributed by atoms with Gasteiger partial charge in [-0.2, -0.15) is 5.10 Å². The third-order valence-corrected chi connectivity index (χ3v) is 5.52. The van der Waals surface area contributed by atoms with E-state index in [0.29, 0.717) is 18.0 Å². The summed E-state index contributed by atoms with van der Waals surface area (Å²) in [6, 6.07) is 9.62. The first kappa shape index (κ1) is 19.1. The Morgan fingerprint density at radius 2 is 1.93 bits per heavy atom. The third-order valence-electron chi connectivity index (χ3n) is 4.38. The minimum atomic E-state index is -0.576. The van der Waals surface area contributed by atoms with Gasteiger partial charge in [0.15, 0.2) is 0 Å². The number of carbonyl (C=O) groups is 2. The minimum absolute atomic E-state index is 0.186. The molecule has 0 radical (unpaired) electrons. The van der Waals surface area contributed by atoms with E-state index in [9.17, 15) is 9.59 Å². The number of fused-ring (bicyclic) bond motifs is 1. The number of hydrogen-bond donors (Lipinski definition) is 2. The molecule has 7 heteroatoms. The first-order chi connectivity index (χ1) is 12.9. The summed E-state index contributed by atoms with van der Waals surface area (Å²) in [6.45, 7) is 8.73. The van der Waals surface area contributed by atoms with Crippen LogP contribution in [-0.4, -0.2) is 34.2 Å². The Morgan fingerprint density at radius 3 is 2.59 bits per heavy atom. The number of thiophene rings is 1. The predicted octanol–water partition coefficient (Wildman–Crippen LogP) is 3.02. The molecule has 0 saturated carbocycles. The number of carbonyl (C=O) groups excluding carboxylic acids is 2. The molecule has 2 heterocycles. The molecule has 2 N–H and O–H groups in total. The second kappa shape index (κ2) is 7.92. The van der Waals surface area contributed by atoms with Gasteiger partial charge in [0.25, 0.3) is 5.91 Å². The van der Waals surface area contributed by atoms with Gasteiger partial charge in [-0.25, -0.2) is 0 Å². The first-order valence-electron chi connectivity index (χ1n) is 9.00. The van der Waals surface area contributed by atoms with E-state index in [0.717, 1.165) is 21.5 Å². The second-order valence-corrected chi connectivity index (χ2v) is 7.68. The number of nitrogens with one attached hydrogen (secondary N) is 2. The summed E-state index contributed by atoms with van der Waals surface area (Å²) in [6.07, 6.45) is 0. The fraction of sp³-hybridized carbons (Fsp3) is 0.350. The fourth-order valence-electron chi connectivity index (χ4n) is 2.86. The summed E-state index contributed by atoms with van der Waals surface area (Å²) < 4.78 is 1.93. The lowest BCUT2D eigenvalue weighted by Gasteiger charge is -2.12. The molecule has 3 aromatic rings. The normalized spacial score (nSPS) is 12.1. The van der Waals surface area contributed by atoms with Crippen molar-refractivity contribution in [2.24, 2.45) is 0 Å². The Hall–Kier alpha value is -2.67. The van der Waals surface area contributed by atoms with Gasteiger partial charge in [-0.05, 0) is 39.3 Å². The highest BCUT2D eigenvalue weighted by atomic mass is 32.1. The number of amides is 2. The maximum atomic E-state index is 12.5. The van der Waals surface area contributed by atoms with Crippen LogP contribution < -0.4 is 10.6 Å². The summed E-state index contributed by atoms with van der Waals surface area (Å²) in [4.78, 5) is 25.9. The molecule has 0 bridgehead atoms. The molecule has 0 aliphatic carbocycles. The number of hydrogen-bond acceptors (Lipinski definition) is 4. The van der Waals surface area contributed by atoms with Crippen LogP contribution in [0, 0.1) is 13.8 Å². The minimum Gasteiger partial charge on any atom is -0.355 e. The molecule has 0 unspecified atom stereocenters. The Labute approximate surface area is 162 Å². The molecule has 2 aromatic heterocycles. The van der Waals surface area contributed by atoms with Crippen molar-refractivity contribution < 1.29 is 9.59 Å². The van der Waals surface area contributed by atoms with Crippen molar-refractivity contribution in [1.29, 1.82) is 0 Å². The summed E-state index contributed by atoms with van der Waals surface area (Å²) in [5.74, 6) is -0.426. The van der Waals surface area contributed by atoms with E-state index in [2.05, 4.69) is 46.9 Å². The lowest BCUT2D eigenvalue weighted by Crippen LogP contribution is -2.44. The number of aryl methyl sites for hydroxylation is 2. The predicted molar refractivity (Wildman–Crippen MR) is 108 cm³/mol. The molecule has 0 saturated heterocycles. The smallest absolute Gasteiger partial charge is 0.262 e. The maximum absolute atomic E-state index is 12.5. The van der Waals surface area contributed by atoms with Gasteiger partial charge in [0.05, 0.1) is 17.1 Å². The lowest BCUT2D eigenvalue weighted by molar-refractivity contribution is -0.122. The van der Waals surface area contributed by atoms with Crippen LogP contribution in [0.25, 0.3) is 10.2 Å². The van der Waals surface area contributed by atoms with Gasteiger partial charge >= 0.3 is 0 Å². The molecule has 27 heavy (non-hydrogen) atoms. The lowest BCUT2D eigenvalue weighted by atomic mass is 10.1. The molecule has 1 aromatic carbocycles. The van der Waals surface area contributed by atoms with Crippen LogP contribution in [0.1, 0.15) is 40.3 Å². The molecule has 0 aliphatic rings. The van der Waals surface area contributed by atoms with Crippen LogP contribution in [0.3, 0.4) is 0 Å². The summed E-state index contributed by atoms with van der Waals surface area (Å²) >= 11 is 1.40. The number of rotatable bonds is 6. The molecular formula is C20H24N4O2S. The fourth-order valence-corrected chi connectivity index (χ4v) is 3.92. The van der Waals surface area contributed by atoms with Crippen molar-refractivity contribution in [3.05, 3.63) is 52.0 Å². The van der Waals surface area contributed by atoms with E-state index in [4.69, 9.17) is 0 Å². The van der Waals surface area contributed by atoms with Crippen molar-refractivity contribution in [2.75, 3.05) is 6.54 Å². The van der Waals surface area contributed by atoms with Crippen molar-refractivity contribution in [3.63, 3.8) is 0 Å². The standard InChI is InChI=1S/C20H24N4O2S/c1-5-21-18(25)14(4)22-19(26)17-10-16-13(3)23-24(20(16)27-17)11-15-8-6-12(2)7-9-15/h6-10,14H,5,11H2,1-4H3,(H,21,25)(H,22,26)/t14-/m0/s1. The zero-order valence-corrected chi connectivity index (χ0v) is 16.8. The number of benzene rings is 1.